The number of aliphatic hydroxyl groups excluding tert-OH is 1. The van der Waals surface area contributed by atoms with Crippen molar-refractivity contribution in [3.8, 4) is 0 Å². The van der Waals surface area contributed by atoms with Crippen LogP contribution in [0.25, 0.3) is 0 Å². The van der Waals surface area contributed by atoms with Crippen LogP contribution in [0.3, 0.4) is 0 Å². The first-order valence-corrected chi connectivity index (χ1v) is 5.50. The first kappa shape index (κ1) is 17.2. The van der Waals surface area contributed by atoms with Crippen molar-refractivity contribution in [2.24, 2.45) is 0 Å². The number of hydrogen-bond acceptors (Lipinski definition) is 5. The Labute approximate surface area is 128 Å². The van der Waals surface area contributed by atoms with Gasteiger partial charge in [-0.25, -0.2) is 9.59 Å². The molecule has 2 saturated heterocycles. The van der Waals surface area contributed by atoms with Gasteiger partial charge in [-0.1, -0.05) is 6.58 Å². The molecule has 6 heteroatoms. The molecule has 0 unspecified atom stereocenters. The van der Waals surface area contributed by atoms with E-state index in [9.17, 15) is 9.59 Å². The monoisotopic (exact) mass is 263 g/mol. The summed E-state index contributed by atoms with van der Waals surface area (Å²) in [6.07, 6.45) is 4.01. The molecule has 0 aromatic carbocycles. The largest absolute Gasteiger partial charge is 1.00 e. The summed E-state index contributed by atoms with van der Waals surface area (Å²) in [6.45, 7) is 4.57. The van der Waals surface area contributed by atoms with E-state index >= 15 is 0 Å². The molecule has 0 amide bonds. The third kappa shape index (κ3) is 5.71. The normalized spacial score (nSPS) is 21.1. The fourth-order valence-electron chi connectivity index (χ4n) is 1.39. The van der Waals surface area contributed by atoms with Crippen LogP contribution in [0, 0.1) is 0 Å². The van der Waals surface area contributed by atoms with Gasteiger partial charge in [-0.15, -0.1) is 0 Å². The second kappa shape index (κ2) is 9.19. The van der Waals surface area contributed by atoms with Crippen molar-refractivity contribution in [2.75, 3.05) is 13.2 Å². The summed E-state index contributed by atoms with van der Waals surface area (Å²) in [5.41, 5.74) is 0.984. The van der Waals surface area contributed by atoms with E-state index in [-0.39, 0.29) is 41.5 Å². The van der Waals surface area contributed by atoms with E-state index in [1.807, 2.05) is 0 Å². The third-order valence-electron chi connectivity index (χ3n) is 2.39. The molecule has 0 aromatic heterocycles. The number of ether oxygens (including phenoxy) is 2. The van der Waals surface area contributed by atoms with Gasteiger partial charge in [0.2, 0.25) is 0 Å². The molecular weight excluding hydrogens is 247 g/mol. The predicted molar refractivity (Wildman–Crippen MR) is 60.2 cm³/mol. The number of carbonyl (C=O) groups excluding carboxylic acids is 2. The van der Waals surface area contributed by atoms with E-state index in [4.69, 9.17) is 5.11 Å². The van der Waals surface area contributed by atoms with Gasteiger partial charge >= 0.3 is 41.5 Å². The van der Waals surface area contributed by atoms with Crippen molar-refractivity contribution < 1.29 is 53.7 Å². The van der Waals surface area contributed by atoms with Gasteiger partial charge in [-0.2, -0.15) is 0 Å². The minimum absolute atomic E-state index is 0. The number of esters is 2. The van der Waals surface area contributed by atoms with E-state index in [0.29, 0.717) is 30.8 Å². The molecule has 1 N–H and O–H groups in total. The molecule has 5 nitrogen and oxygen atoms in total. The Morgan fingerprint density at radius 1 is 1.06 bits per heavy atom. The van der Waals surface area contributed by atoms with Crippen molar-refractivity contribution in [3.05, 3.63) is 24.0 Å². The topological polar surface area (TPSA) is 72.8 Å². The number of aliphatic hydroxyl groups is 1. The van der Waals surface area contributed by atoms with Crippen molar-refractivity contribution in [1.29, 1.82) is 0 Å². The summed E-state index contributed by atoms with van der Waals surface area (Å²) in [6, 6.07) is 0. The van der Waals surface area contributed by atoms with E-state index in [0.717, 1.165) is 25.5 Å². The molecule has 94 valence electrons. The molecule has 0 atom stereocenters. The van der Waals surface area contributed by atoms with Gasteiger partial charge in [0.25, 0.3) is 0 Å². The van der Waals surface area contributed by atoms with Crippen LogP contribution >= 0.6 is 0 Å². The average Bonchev–Trinajstić information content (AvgIpc) is 2.34. The number of rotatable bonds is 0. The zero-order valence-electron chi connectivity index (χ0n) is 10.6. The molecule has 0 saturated carbocycles. The van der Waals surface area contributed by atoms with Crippen LogP contribution in [0.2, 0.25) is 0 Å². The van der Waals surface area contributed by atoms with Gasteiger partial charge in [0.05, 0.1) is 25.0 Å². The molecule has 0 aromatic rings. The van der Waals surface area contributed by atoms with Gasteiger partial charge in [-0.3, -0.25) is 0 Å². The van der Waals surface area contributed by atoms with Crippen molar-refractivity contribution in [1.82, 2.24) is 0 Å². The quantitative estimate of drug-likeness (QED) is 0.253. The van der Waals surface area contributed by atoms with Crippen LogP contribution in [-0.4, -0.2) is 30.3 Å². The van der Waals surface area contributed by atoms with Crippen LogP contribution < -0.4 is 29.6 Å². The second-order valence-electron chi connectivity index (χ2n) is 3.74. The summed E-state index contributed by atoms with van der Waals surface area (Å²) in [5.74, 6) is -0.611. The second-order valence-corrected chi connectivity index (χ2v) is 3.74. The Balaban J connectivity index is 0.000000306. The Bertz CT molecular complexity index is 332. The SMILES string of the molecule is C=C1CCCOC1=O.O=C1OCCC/C1=C\O.[Na+]. The Morgan fingerprint density at radius 2 is 1.61 bits per heavy atom. The van der Waals surface area contributed by atoms with Gasteiger partial charge in [-0.05, 0) is 25.7 Å². The predicted octanol–water partition coefficient (Wildman–Crippen LogP) is -1.35. The Hall–Kier alpha value is -0.780. The van der Waals surface area contributed by atoms with Crippen molar-refractivity contribution >= 4 is 11.9 Å². The molecule has 2 rings (SSSR count). The number of carbonyl (C=O) groups is 2. The first-order valence-electron chi connectivity index (χ1n) is 5.50. The Kier molecular flexibility index (Phi) is 8.79. The maximum Gasteiger partial charge on any atom is 1.00 e. The summed E-state index contributed by atoms with van der Waals surface area (Å²) in [4.78, 5) is 21.0. The fraction of sp³-hybridized carbons (Fsp3) is 0.500. The van der Waals surface area contributed by atoms with Crippen LogP contribution in [0.15, 0.2) is 24.0 Å². The van der Waals surface area contributed by atoms with E-state index in [1.54, 1.807) is 0 Å². The van der Waals surface area contributed by atoms with Crippen molar-refractivity contribution in [2.45, 2.75) is 25.7 Å². The standard InChI is InChI=1S/C6H8O3.C6H8O2.Na/c7-4-5-2-1-3-9-6(5)8;1-5-3-2-4-8-6(5)7;/h4,7H,1-3H2;1-4H2;/q;;+1/b5-4+;;. The molecule has 18 heavy (non-hydrogen) atoms. The molecule has 0 bridgehead atoms. The van der Waals surface area contributed by atoms with Gasteiger partial charge in [0.1, 0.15) is 0 Å². The molecule has 2 aliphatic heterocycles. The van der Waals surface area contributed by atoms with Crippen LogP contribution in [0.4, 0.5) is 0 Å². The molecular formula is C12H16NaO5+. The molecule has 2 aliphatic rings. The van der Waals surface area contributed by atoms with Gasteiger partial charge < -0.3 is 14.6 Å². The maximum absolute atomic E-state index is 10.6. The first-order chi connectivity index (χ1) is 8.15. The van der Waals surface area contributed by atoms with Crippen LogP contribution in [0.1, 0.15) is 25.7 Å². The zero-order valence-corrected chi connectivity index (χ0v) is 12.6. The van der Waals surface area contributed by atoms with Gasteiger partial charge in [0.15, 0.2) is 0 Å². The maximum atomic E-state index is 10.6. The van der Waals surface area contributed by atoms with Crippen LogP contribution in [-0.2, 0) is 19.1 Å². The Morgan fingerprint density at radius 3 is 1.94 bits per heavy atom. The van der Waals surface area contributed by atoms with E-state index < -0.39 is 0 Å². The molecule has 2 heterocycles. The average molecular weight is 263 g/mol. The molecule has 2 fully saturated rings. The van der Waals surface area contributed by atoms with Crippen molar-refractivity contribution in [3.63, 3.8) is 0 Å². The molecule has 0 aliphatic carbocycles. The summed E-state index contributed by atoms with van der Waals surface area (Å²) in [5, 5.41) is 8.40. The van der Waals surface area contributed by atoms with Gasteiger partial charge in [0, 0.05) is 5.57 Å². The minimum atomic E-state index is -0.385. The molecule has 0 radical (unpaired) electrons. The zero-order chi connectivity index (χ0) is 12.7. The number of cyclic esters (lactones) is 2. The summed E-state index contributed by atoms with van der Waals surface area (Å²) >= 11 is 0. The minimum Gasteiger partial charge on any atom is -0.515 e. The van der Waals surface area contributed by atoms with E-state index in [2.05, 4.69) is 16.1 Å². The third-order valence-corrected chi connectivity index (χ3v) is 2.39. The summed E-state index contributed by atoms with van der Waals surface area (Å²) < 4.78 is 9.27. The fourth-order valence-corrected chi connectivity index (χ4v) is 1.39. The number of hydrogen-bond donors (Lipinski definition) is 1. The smallest absolute Gasteiger partial charge is 0.515 e. The molecule has 0 spiro atoms. The van der Waals surface area contributed by atoms with E-state index in [1.165, 1.54) is 0 Å². The van der Waals surface area contributed by atoms with Crippen LogP contribution in [0.5, 0.6) is 0 Å². The summed E-state index contributed by atoms with van der Waals surface area (Å²) in [7, 11) is 0.